The van der Waals surface area contributed by atoms with Crippen molar-refractivity contribution in [2.75, 3.05) is 0 Å². The smallest absolute Gasteiger partial charge is 0.261 e. The number of hydrogen-bond donors (Lipinski definition) is 0. The standard InChI is InChI=1S/C16H10FN3O2S/c17-10-3-4-12-13(6-10)18-9-20(16(12)21)7-11-8-23-15(19-11)14-2-1-5-22-14/h1-6,8-9H,7H2. The molecule has 23 heavy (non-hydrogen) atoms. The molecule has 1 aromatic carbocycles. The van der Waals surface area contributed by atoms with Gasteiger partial charge in [-0.25, -0.2) is 14.4 Å². The van der Waals surface area contributed by atoms with Crippen LogP contribution in [0, 0.1) is 5.82 Å². The third-order valence-corrected chi connectivity index (χ3v) is 4.31. The molecule has 0 spiro atoms. The van der Waals surface area contributed by atoms with E-state index < -0.39 is 5.82 Å². The van der Waals surface area contributed by atoms with Gasteiger partial charge in [0, 0.05) is 11.4 Å². The third kappa shape index (κ3) is 2.55. The normalized spacial score (nSPS) is 11.2. The molecular formula is C16H10FN3O2S. The Labute approximate surface area is 133 Å². The lowest BCUT2D eigenvalue weighted by atomic mass is 10.2. The number of fused-ring (bicyclic) bond motifs is 1. The lowest BCUT2D eigenvalue weighted by molar-refractivity contribution is 0.581. The molecule has 3 heterocycles. The van der Waals surface area contributed by atoms with E-state index in [1.54, 1.807) is 12.3 Å². The molecule has 0 N–H and O–H groups in total. The Balaban J connectivity index is 1.69. The fourth-order valence-corrected chi connectivity index (χ4v) is 3.09. The second-order valence-corrected chi connectivity index (χ2v) is 5.82. The van der Waals surface area contributed by atoms with Gasteiger partial charge in [-0.1, -0.05) is 0 Å². The molecular weight excluding hydrogens is 317 g/mol. The van der Waals surface area contributed by atoms with Gasteiger partial charge in [0.15, 0.2) is 10.8 Å². The van der Waals surface area contributed by atoms with Gasteiger partial charge >= 0.3 is 0 Å². The van der Waals surface area contributed by atoms with Gasteiger partial charge in [0.25, 0.3) is 5.56 Å². The molecule has 5 nitrogen and oxygen atoms in total. The van der Waals surface area contributed by atoms with Gasteiger partial charge in [0.05, 0.1) is 35.7 Å². The number of aromatic nitrogens is 3. The first-order valence-electron chi connectivity index (χ1n) is 6.84. The Kier molecular flexibility index (Phi) is 3.27. The molecule has 4 rings (SSSR count). The number of furan rings is 1. The largest absolute Gasteiger partial charge is 0.462 e. The molecule has 0 saturated heterocycles. The van der Waals surface area contributed by atoms with E-state index in [1.165, 1.54) is 40.4 Å². The zero-order valence-electron chi connectivity index (χ0n) is 11.8. The van der Waals surface area contributed by atoms with Gasteiger partial charge in [-0.05, 0) is 24.3 Å². The zero-order valence-corrected chi connectivity index (χ0v) is 12.6. The molecule has 0 fully saturated rings. The van der Waals surface area contributed by atoms with Crippen LogP contribution in [-0.2, 0) is 6.54 Å². The summed E-state index contributed by atoms with van der Waals surface area (Å²) in [5, 5.41) is 3.02. The van der Waals surface area contributed by atoms with E-state index in [4.69, 9.17) is 4.42 Å². The first-order valence-corrected chi connectivity index (χ1v) is 7.72. The Morgan fingerprint density at radius 2 is 2.22 bits per heavy atom. The van der Waals surface area contributed by atoms with Crippen molar-refractivity contribution >= 4 is 22.2 Å². The molecule has 0 bridgehead atoms. The van der Waals surface area contributed by atoms with E-state index in [1.807, 2.05) is 11.4 Å². The lowest BCUT2D eigenvalue weighted by Crippen LogP contribution is -2.21. The van der Waals surface area contributed by atoms with Crippen molar-refractivity contribution in [1.82, 2.24) is 14.5 Å². The number of halogens is 1. The Morgan fingerprint density at radius 1 is 1.30 bits per heavy atom. The maximum atomic E-state index is 13.2. The van der Waals surface area contributed by atoms with Crippen LogP contribution >= 0.6 is 11.3 Å². The molecule has 3 aromatic heterocycles. The average Bonchev–Trinajstić information content (AvgIpc) is 3.21. The summed E-state index contributed by atoms with van der Waals surface area (Å²) < 4.78 is 20.0. The monoisotopic (exact) mass is 327 g/mol. The summed E-state index contributed by atoms with van der Waals surface area (Å²) in [5.74, 6) is 0.283. The third-order valence-electron chi connectivity index (χ3n) is 3.40. The Bertz CT molecular complexity index is 1040. The van der Waals surface area contributed by atoms with Crippen molar-refractivity contribution in [3.63, 3.8) is 0 Å². The summed E-state index contributed by atoms with van der Waals surface area (Å²) in [6, 6.07) is 7.59. The van der Waals surface area contributed by atoms with Crippen LogP contribution in [0.25, 0.3) is 21.7 Å². The van der Waals surface area contributed by atoms with Crippen molar-refractivity contribution in [1.29, 1.82) is 0 Å². The van der Waals surface area contributed by atoms with Crippen LogP contribution in [0.1, 0.15) is 5.69 Å². The fourth-order valence-electron chi connectivity index (χ4n) is 2.31. The first-order chi connectivity index (χ1) is 11.2. The van der Waals surface area contributed by atoms with E-state index in [0.29, 0.717) is 23.2 Å². The second-order valence-electron chi connectivity index (χ2n) is 4.96. The molecule has 0 aliphatic carbocycles. The minimum absolute atomic E-state index is 0.220. The molecule has 0 aliphatic rings. The van der Waals surface area contributed by atoms with Gasteiger partial charge in [0.2, 0.25) is 0 Å². The summed E-state index contributed by atoms with van der Waals surface area (Å²) in [7, 11) is 0. The molecule has 0 aliphatic heterocycles. The van der Waals surface area contributed by atoms with Gasteiger partial charge in [-0.3, -0.25) is 9.36 Å². The highest BCUT2D eigenvalue weighted by Gasteiger charge is 2.10. The van der Waals surface area contributed by atoms with Gasteiger partial charge in [-0.15, -0.1) is 11.3 Å². The van der Waals surface area contributed by atoms with Gasteiger partial charge in [-0.2, -0.15) is 0 Å². The number of rotatable bonds is 3. The van der Waals surface area contributed by atoms with Crippen LogP contribution in [0.3, 0.4) is 0 Å². The number of nitrogens with zero attached hydrogens (tertiary/aromatic N) is 3. The Morgan fingerprint density at radius 3 is 3.04 bits per heavy atom. The van der Waals surface area contributed by atoms with Crippen LogP contribution in [-0.4, -0.2) is 14.5 Å². The number of thiazole rings is 1. The summed E-state index contributed by atoms with van der Waals surface area (Å²) in [6.07, 6.45) is 3.00. The molecule has 7 heteroatoms. The highest BCUT2D eigenvalue weighted by molar-refractivity contribution is 7.13. The molecule has 0 saturated carbocycles. The van der Waals surface area contributed by atoms with E-state index in [2.05, 4.69) is 9.97 Å². The minimum atomic E-state index is -0.412. The van der Waals surface area contributed by atoms with Gasteiger partial charge < -0.3 is 4.42 Å². The summed E-state index contributed by atoms with van der Waals surface area (Å²) in [4.78, 5) is 21.0. The molecule has 0 radical (unpaired) electrons. The number of benzene rings is 1. The topological polar surface area (TPSA) is 60.9 Å². The summed E-state index contributed by atoms with van der Waals surface area (Å²) in [6.45, 7) is 0.302. The van der Waals surface area contributed by atoms with Crippen LogP contribution in [0.4, 0.5) is 4.39 Å². The lowest BCUT2D eigenvalue weighted by Gasteiger charge is -2.04. The predicted molar refractivity (Wildman–Crippen MR) is 84.9 cm³/mol. The SMILES string of the molecule is O=c1c2ccc(F)cc2ncn1Cc1csc(-c2ccco2)n1. The Hall–Kier alpha value is -2.80. The van der Waals surface area contributed by atoms with Crippen molar-refractivity contribution in [2.45, 2.75) is 6.54 Å². The van der Waals surface area contributed by atoms with E-state index in [9.17, 15) is 9.18 Å². The van der Waals surface area contributed by atoms with Crippen LogP contribution < -0.4 is 5.56 Å². The van der Waals surface area contributed by atoms with Crippen LogP contribution in [0.5, 0.6) is 0 Å². The quantitative estimate of drug-likeness (QED) is 0.579. The number of hydrogen-bond acceptors (Lipinski definition) is 5. The maximum Gasteiger partial charge on any atom is 0.261 e. The molecule has 114 valence electrons. The van der Waals surface area contributed by atoms with Crippen LogP contribution in [0.2, 0.25) is 0 Å². The predicted octanol–water partition coefficient (Wildman–Crippen LogP) is 3.30. The van der Waals surface area contributed by atoms with Crippen molar-refractivity contribution in [3.05, 3.63) is 70.2 Å². The molecule has 4 aromatic rings. The summed E-state index contributed by atoms with van der Waals surface area (Å²) in [5.41, 5.74) is 0.870. The minimum Gasteiger partial charge on any atom is -0.462 e. The van der Waals surface area contributed by atoms with Crippen molar-refractivity contribution in [3.8, 4) is 10.8 Å². The highest BCUT2D eigenvalue weighted by atomic mass is 32.1. The zero-order chi connectivity index (χ0) is 15.8. The highest BCUT2D eigenvalue weighted by Crippen LogP contribution is 2.24. The molecule has 0 amide bonds. The summed E-state index contributed by atoms with van der Waals surface area (Å²) >= 11 is 1.45. The second kappa shape index (κ2) is 5.44. The first kappa shape index (κ1) is 13.8. The molecule has 0 unspecified atom stereocenters. The van der Waals surface area contributed by atoms with Crippen LogP contribution in [0.15, 0.2) is 57.5 Å². The molecule has 0 atom stereocenters. The van der Waals surface area contributed by atoms with Crippen molar-refractivity contribution in [2.24, 2.45) is 0 Å². The van der Waals surface area contributed by atoms with E-state index in [0.717, 1.165) is 10.7 Å². The van der Waals surface area contributed by atoms with Gasteiger partial charge in [0.1, 0.15) is 5.82 Å². The van der Waals surface area contributed by atoms with Crippen molar-refractivity contribution < 1.29 is 8.81 Å². The van der Waals surface area contributed by atoms with E-state index >= 15 is 0 Å². The fraction of sp³-hybridized carbons (Fsp3) is 0.0625. The maximum absolute atomic E-state index is 13.2. The van der Waals surface area contributed by atoms with E-state index in [-0.39, 0.29) is 5.56 Å². The average molecular weight is 327 g/mol.